The van der Waals surface area contributed by atoms with Crippen LogP contribution in [0.4, 0.5) is 5.69 Å². The van der Waals surface area contributed by atoms with E-state index in [-0.39, 0.29) is 15.0 Å². The summed E-state index contributed by atoms with van der Waals surface area (Å²) in [7, 11) is 1.65. The van der Waals surface area contributed by atoms with Crippen LogP contribution in [-0.2, 0) is 15.0 Å². The van der Waals surface area contributed by atoms with Crippen LogP contribution in [-0.4, -0.2) is 33.7 Å². The molecule has 0 aromatic heterocycles. The predicted molar refractivity (Wildman–Crippen MR) is 113 cm³/mol. The SMILES string of the molecule is C=C([Se]c1ccccc1)C1(c2ccccc2)C(=O)C(=O)N(C)c2ccccc21. The zero-order valence-electron chi connectivity index (χ0n) is 15.5. The van der Waals surface area contributed by atoms with Crippen LogP contribution in [0.15, 0.2) is 96.0 Å². The number of fused-ring (bicyclic) bond motifs is 1. The summed E-state index contributed by atoms with van der Waals surface area (Å²) >= 11 is -0.184. The number of allylic oxidation sites excluding steroid dienone is 1. The number of benzene rings is 3. The number of Topliss-reactive ketones (excluding diaryl/α,β-unsaturated/α-hetero) is 1. The fourth-order valence-corrected chi connectivity index (χ4v) is 5.95. The van der Waals surface area contributed by atoms with Gasteiger partial charge >= 0.3 is 171 Å². The molecule has 0 N–H and O–H groups in total. The first kappa shape index (κ1) is 18.4. The summed E-state index contributed by atoms with van der Waals surface area (Å²) in [6.07, 6.45) is 0. The quantitative estimate of drug-likeness (QED) is 0.470. The Labute approximate surface area is 170 Å². The third kappa shape index (κ3) is 2.73. The molecule has 0 aliphatic carbocycles. The Hall–Kier alpha value is -2.94. The molecular weight excluding hydrogens is 413 g/mol. The van der Waals surface area contributed by atoms with Crippen LogP contribution in [0.3, 0.4) is 0 Å². The van der Waals surface area contributed by atoms with Gasteiger partial charge in [-0.1, -0.05) is 0 Å². The summed E-state index contributed by atoms with van der Waals surface area (Å²) in [5, 5.41) is 0. The number of para-hydroxylation sites is 1. The third-order valence-corrected chi connectivity index (χ3v) is 7.34. The van der Waals surface area contributed by atoms with Crippen LogP contribution in [0.1, 0.15) is 11.1 Å². The van der Waals surface area contributed by atoms with Crippen molar-refractivity contribution in [2.45, 2.75) is 5.41 Å². The van der Waals surface area contributed by atoms with E-state index in [1.54, 1.807) is 7.05 Å². The van der Waals surface area contributed by atoms with Crippen molar-refractivity contribution < 1.29 is 9.59 Å². The van der Waals surface area contributed by atoms with Gasteiger partial charge in [-0.3, -0.25) is 0 Å². The second-order valence-electron chi connectivity index (χ2n) is 6.66. The fourth-order valence-electron chi connectivity index (χ4n) is 3.75. The molecule has 1 aliphatic heterocycles. The molecule has 3 aromatic carbocycles. The summed E-state index contributed by atoms with van der Waals surface area (Å²) in [5.74, 6) is -0.949. The molecule has 1 amide bonds. The van der Waals surface area contributed by atoms with E-state index in [2.05, 4.69) is 6.58 Å². The average molecular weight is 432 g/mol. The molecule has 1 unspecified atom stereocenters. The first-order valence-electron chi connectivity index (χ1n) is 8.96. The van der Waals surface area contributed by atoms with Crippen molar-refractivity contribution in [2.24, 2.45) is 0 Å². The number of likely N-dealkylation sites (N-methyl/N-ethyl adjacent to an activating group) is 1. The summed E-state index contributed by atoms with van der Waals surface area (Å²) < 4.78 is 1.88. The first-order valence-corrected chi connectivity index (χ1v) is 10.7. The van der Waals surface area contributed by atoms with Gasteiger partial charge in [-0.05, 0) is 0 Å². The molecule has 4 rings (SSSR count). The zero-order chi connectivity index (χ0) is 19.7. The van der Waals surface area contributed by atoms with Crippen molar-refractivity contribution in [3.8, 4) is 0 Å². The van der Waals surface area contributed by atoms with Gasteiger partial charge in [-0.25, -0.2) is 0 Å². The number of carbonyl (C=O) groups is 2. The topological polar surface area (TPSA) is 37.4 Å². The van der Waals surface area contributed by atoms with Crippen molar-refractivity contribution >= 4 is 36.8 Å². The minimum absolute atomic E-state index is 0.184. The van der Waals surface area contributed by atoms with E-state index < -0.39 is 17.1 Å². The maximum absolute atomic E-state index is 13.6. The van der Waals surface area contributed by atoms with Crippen molar-refractivity contribution in [1.29, 1.82) is 0 Å². The maximum atomic E-state index is 13.6. The number of amides is 1. The molecular formula is C24H19NO2Se. The van der Waals surface area contributed by atoms with E-state index in [0.29, 0.717) is 0 Å². The van der Waals surface area contributed by atoms with Crippen LogP contribution in [0.2, 0.25) is 0 Å². The van der Waals surface area contributed by atoms with Gasteiger partial charge in [-0.15, -0.1) is 0 Å². The average Bonchev–Trinajstić information content (AvgIpc) is 2.74. The van der Waals surface area contributed by atoms with Crippen LogP contribution >= 0.6 is 0 Å². The molecule has 1 aliphatic rings. The van der Waals surface area contributed by atoms with Crippen molar-refractivity contribution in [3.63, 3.8) is 0 Å². The molecule has 3 aromatic rings. The first-order chi connectivity index (χ1) is 13.6. The Kier molecular flexibility index (Phi) is 4.76. The van der Waals surface area contributed by atoms with Gasteiger partial charge in [0.2, 0.25) is 0 Å². The van der Waals surface area contributed by atoms with Gasteiger partial charge in [0, 0.05) is 0 Å². The van der Waals surface area contributed by atoms with Crippen LogP contribution in [0, 0.1) is 0 Å². The molecule has 0 bridgehead atoms. The van der Waals surface area contributed by atoms with Crippen LogP contribution in [0.5, 0.6) is 0 Å². The van der Waals surface area contributed by atoms with Gasteiger partial charge < -0.3 is 0 Å². The van der Waals surface area contributed by atoms with Crippen LogP contribution < -0.4 is 9.36 Å². The van der Waals surface area contributed by atoms with Crippen LogP contribution in [0.25, 0.3) is 0 Å². The van der Waals surface area contributed by atoms with E-state index in [9.17, 15) is 9.59 Å². The molecule has 3 nitrogen and oxygen atoms in total. The summed E-state index contributed by atoms with van der Waals surface area (Å²) in [5.41, 5.74) is 1.19. The number of hydrogen-bond donors (Lipinski definition) is 0. The van der Waals surface area contributed by atoms with Crippen molar-refractivity contribution in [2.75, 3.05) is 11.9 Å². The normalized spacial score (nSPS) is 18.7. The van der Waals surface area contributed by atoms with Gasteiger partial charge in [0.15, 0.2) is 0 Å². The van der Waals surface area contributed by atoms with Crippen molar-refractivity contribution in [3.05, 3.63) is 107 Å². The molecule has 28 heavy (non-hydrogen) atoms. The summed E-state index contributed by atoms with van der Waals surface area (Å²) in [6.45, 7) is 4.37. The number of anilines is 1. The second kappa shape index (κ2) is 7.23. The minimum atomic E-state index is -1.17. The third-order valence-electron chi connectivity index (χ3n) is 5.12. The molecule has 0 saturated heterocycles. The number of nitrogens with zero attached hydrogens (tertiary/aromatic N) is 1. The summed E-state index contributed by atoms with van der Waals surface area (Å²) in [4.78, 5) is 28.0. The molecule has 0 spiro atoms. The number of hydrogen-bond acceptors (Lipinski definition) is 2. The monoisotopic (exact) mass is 433 g/mol. The molecule has 0 saturated carbocycles. The molecule has 1 atom stereocenters. The van der Waals surface area contributed by atoms with E-state index in [4.69, 9.17) is 0 Å². The summed E-state index contributed by atoms with van der Waals surface area (Å²) in [6, 6.07) is 27.2. The van der Waals surface area contributed by atoms with Gasteiger partial charge in [-0.2, -0.15) is 0 Å². The predicted octanol–water partition coefficient (Wildman–Crippen LogP) is 3.06. The standard InChI is InChI=1S/C24H19NO2Se/c1-17(28-19-13-7-4-8-14-19)24(18-11-5-3-6-12-18)20-15-9-10-16-21(20)25(2)23(27)22(24)26/h3-16H,1H2,2H3. The van der Waals surface area contributed by atoms with Crippen molar-refractivity contribution in [1.82, 2.24) is 0 Å². The molecule has 1 heterocycles. The van der Waals surface area contributed by atoms with Gasteiger partial charge in [0.05, 0.1) is 0 Å². The Morgan fingerprint density at radius 2 is 1.43 bits per heavy atom. The Bertz CT molecular complexity index is 1060. The molecule has 0 radical (unpaired) electrons. The van der Waals surface area contributed by atoms with Gasteiger partial charge in [0.25, 0.3) is 0 Å². The van der Waals surface area contributed by atoms with E-state index in [1.807, 2.05) is 84.9 Å². The number of ketones is 1. The molecule has 0 fully saturated rings. The Morgan fingerprint density at radius 1 is 0.857 bits per heavy atom. The fraction of sp³-hybridized carbons (Fsp3) is 0.0833. The second-order valence-corrected chi connectivity index (χ2v) is 9.12. The van der Waals surface area contributed by atoms with Gasteiger partial charge in [0.1, 0.15) is 0 Å². The zero-order valence-corrected chi connectivity index (χ0v) is 17.2. The van der Waals surface area contributed by atoms with E-state index >= 15 is 0 Å². The Balaban J connectivity index is 1.99. The van der Waals surface area contributed by atoms with E-state index in [0.717, 1.165) is 25.7 Å². The molecule has 138 valence electrons. The molecule has 4 heteroatoms. The Morgan fingerprint density at radius 3 is 2.11 bits per heavy atom. The number of carbonyl (C=O) groups excluding carboxylic acids is 2. The van der Waals surface area contributed by atoms with E-state index in [1.165, 1.54) is 4.90 Å². The number of rotatable bonds is 4.